The molecule has 0 spiro atoms. The fourth-order valence-corrected chi connectivity index (χ4v) is 4.64. The molecule has 3 aliphatic heterocycles. The first-order valence-corrected chi connectivity index (χ1v) is 11.8. The Morgan fingerprint density at radius 2 is 1.62 bits per heavy atom. The van der Waals surface area contributed by atoms with E-state index < -0.39 is 47.4 Å². The maximum atomic E-state index is 14.7. The molecule has 2 aromatic rings. The Hall–Kier alpha value is -4.09. The van der Waals surface area contributed by atoms with Crippen molar-refractivity contribution in [2.75, 3.05) is 31.1 Å². The Labute approximate surface area is 209 Å². The van der Waals surface area contributed by atoms with Gasteiger partial charge in [-0.25, -0.2) is 18.0 Å². The number of benzene rings is 2. The molecule has 2 N–H and O–H groups in total. The molecule has 2 aromatic carbocycles. The van der Waals surface area contributed by atoms with Crippen molar-refractivity contribution in [3.8, 4) is 0 Å². The molecule has 0 aromatic heterocycles. The number of carbonyl (C=O) groups excluding carboxylic acids is 4. The number of ether oxygens (including phenoxy) is 1. The molecule has 0 radical (unpaired) electrons. The monoisotopic (exact) mass is 516 g/mol. The van der Waals surface area contributed by atoms with Gasteiger partial charge in [-0.2, -0.15) is 0 Å². The molecule has 0 aliphatic carbocycles. The van der Waals surface area contributed by atoms with Gasteiger partial charge in [-0.05, 0) is 42.8 Å². The van der Waals surface area contributed by atoms with Crippen LogP contribution in [0.2, 0.25) is 0 Å². The molecule has 3 fully saturated rings. The van der Waals surface area contributed by atoms with Crippen LogP contribution in [0, 0.1) is 17.5 Å². The van der Waals surface area contributed by atoms with Crippen LogP contribution in [0.5, 0.6) is 0 Å². The van der Waals surface area contributed by atoms with Crippen molar-refractivity contribution in [2.24, 2.45) is 0 Å². The van der Waals surface area contributed by atoms with Crippen LogP contribution < -0.4 is 15.5 Å². The van der Waals surface area contributed by atoms with Crippen molar-refractivity contribution in [3.05, 3.63) is 65.0 Å². The van der Waals surface area contributed by atoms with Gasteiger partial charge in [0.1, 0.15) is 23.6 Å². The lowest BCUT2D eigenvalue weighted by atomic mass is 9.89. The molecule has 1 unspecified atom stereocenters. The largest absolute Gasteiger partial charge is 0.442 e. The number of piperidine rings is 1. The Morgan fingerprint density at radius 1 is 0.973 bits per heavy atom. The highest BCUT2D eigenvalue weighted by Crippen LogP contribution is 2.33. The van der Waals surface area contributed by atoms with Crippen LogP contribution in [0.15, 0.2) is 36.4 Å². The summed E-state index contributed by atoms with van der Waals surface area (Å²) in [6.07, 6.45) is -1.08. The highest BCUT2D eigenvalue weighted by atomic mass is 19.1. The Bertz CT molecular complexity index is 1240. The van der Waals surface area contributed by atoms with Gasteiger partial charge in [0.2, 0.25) is 11.8 Å². The fraction of sp³-hybridized carbons (Fsp3) is 0.360. The Kier molecular flexibility index (Phi) is 6.48. The predicted molar refractivity (Wildman–Crippen MR) is 123 cm³/mol. The Morgan fingerprint density at radius 3 is 2.24 bits per heavy atom. The number of rotatable bonds is 5. The molecule has 9 nitrogen and oxygen atoms in total. The average molecular weight is 516 g/mol. The molecule has 194 valence electrons. The number of amides is 4. The van der Waals surface area contributed by atoms with Crippen molar-refractivity contribution in [3.63, 3.8) is 0 Å². The van der Waals surface area contributed by atoms with E-state index in [2.05, 4.69) is 10.6 Å². The van der Waals surface area contributed by atoms with Crippen LogP contribution in [-0.2, 0) is 14.3 Å². The summed E-state index contributed by atoms with van der Waals surface area (Å²) >= 11 is 0. The topological polar surface area (TPSA) is 108 Å². The number of hydrogen-bond acceptors (Lipinski definition) is 6. The van der Waals surface area contributed by atoms with E-state index in [-0.39, 0.29) is 49.1 Å². The summed E-state index contributed by atoms with van der Waals surface area (Å²) in [5.74, 6) is -4.71. The molecule has 0 bridgehead atoms. The number of nitrogens with one attached hydrogen (secondary N) is 2. The first-order valence-electron chi connectivity index (χ1n) is 11.8. The Balaban J connectivity index is 1.08. The van der Waals surface area contributed by atoms with E-state index in [1.54, 1.807) is 4.90 Å². The van der Waals surface area contributed by atoms with Gasteiger partial charge < -0.3 is 19.9 Å². The predicted octanol–water partition coefficient (Wildman–Crippen LogP) is 2.06. The van der Waals surface area contributed by atoms with Crippen LogP contribution in [0.1, 0.15) is 34.7 Å². The number of halogens is 3. The summed E-state index contributed by atoms with van der Waals surface area (Å²) in [5, 5.41) is 4.78. The third-order valence-corrected chi connectivity index (χ3v) is 6.72. The molecular weight excluding hydrogens is 493 g/mol. The summed E-state index contributed by atoms with van der Waals surface area (Å²) in [7, 11) is 0. The second-order valence-electron chi connectivity index (χ2n) is 9.32. The van der Waals surface area contributed by atoms with E-state index in [9.17, 15) is 32.3 Å². The normalized spacial score (nSPS) is 20.1. The summed E-state index contributed by atoms with van der Waals surface area (Å²) in [6, 6.07) is 7.15. The number of anilines is 1. The minimum Gasteiger partial charge on any atom is -0.442 e. The van der Waals surface area contributed by atoms with Gasteiger partial charge in [-0.1, -0.05) is 0 Å². The quantitative estimate of drug-likeness (QED) is 0.590. The van der Waals surface area contributed by atoms with Gasteiger partial charge in [0.05, 0.1) is 25.0 Å². The van der Waals surface area contributed by atoms with E-state index >= 15 is 0 Å². The van der Waals surface area contributed by atoms with Crippen LogP contribution in [-0.4, -0.2) is 67.0 Å². The number of imide groups is 1. The van der Waals surface area contributed by atoms with Crippen molar-refractivity contribution in [1.29, 1.82) is 0 Å². The van der Waals surface area contributed by atoms with E-state index in [1.807, 2.05) is 0 Å². The van der Waals surface area contributed by atoms with E-state index in [1.165, 1.54) is 29.2 Å². The third kappa shape index (κ3) is 5.09. The summed E-state index contributed by atoms with van der Waals surface area (Å²) in [5.41, 5.74) is 0.253. The maximum absolute atomic E-state index is 14.7. The zero-order valence-corrected chi connectivity index (χ0v) is 19.5. The van der Waals surface area contributed by atoms with Gasteiger partial charge in [-0.3, -0.25) is 19.7 Å². The first kappa shape index (κ1) is 24.6. The zero-order valence-electron chi connectivity index (χ0n) is 19.5. The van der Waals surface area contributed by atoms with Gasteiger partial charge >= 0.3 is 6.09 Å². The third-order valence-electron chi connectivity index (χ3n) is 6.72. The number of hydrogen-bond donors (Lipinski definition) is 2. The van der Waals surface area contributed by atoms with Crippen molar-refractivity contribution in [1.82, 2.24) is 15.5 Å². The maximum Gasteiger partial charge on any atom is 0.407 e. The van der Waals surface area contributed by atoms with Gasteiger partial charge in [0.15, 0.2) is 0 Å². The zero-order chi connectivity index (χ0) is 26.3. The van der Waals surface area contributed by atoms with Crippen LogP contribution >= 0.6 is 0 Å². The number of alkyl carbamates (subject to hydrolysis) is 1. The minimum absolute atomic E-state index is 0.00998. The van der Waals surface area contributed by atoms with Crippen molar-refractivity contribution < 1.29 is 37.1 Å². The fourth-order valence-electron chi connectivity index (χ4n) is 4.64. The lowest BCUT2D eigenvalue weighted by molar-refractivity contribution is -0.134. The highest BCUT2D eigenvalue weighted by molar-refractivity contribution is 6.01. The van der Waals surface area contributed by atoms with E-state index in [0.717, 1.165) is 12.1 Å². The van der Waals surface area contributed by atoms with Crippen molar-refractivity contribution in [2.45, 2.75) is 30.9 Å². The second kappa shape index (κ2) is 9.75. The van der Waals surface area contributed by atoms with Gasteiger partial charge in [-0.15, -0.1) is 0 Å². The first-order chi connectivity index (χ1) is 17.7. The molecule has 12 heteroatoms. The number of nitrogens with zero attached hydrogens (tertiary/aromatic N) is 2. The smallest absolute Gasteiger partial charge is 0.407 e. The second-order valence-corrected chi connectivity index (χ2v) is 9.32. The van der Waals surface area contributed by atoms with Crippen molar-refractivity contribution >= 4 is 29.5 Å². The number of likely N-dealkylation sites (tertiary alicyclic amines) is 1. The van der Waals surface area contributed by atoms with Gasteiger partial charge in [0, 0.05) is 36.3 Å². The SMILES string of the molecule is O=C1CCC(c2c(F)cc(N3CC(NC(=O)OC4CN(C(=O)c5ccc(F)cc5)C4)C3)cc2F)C(=O)N1. The lowest BCUT2D eigenvalue weighted by Crippen LogP contribution is -2.61. The molecule has 0 saturated carbocycles. The number of carbonyl (C=O) groups is 4. The molecule has 3 aliphatic rings. The molecule has 5 rings (SSSR count). The molecule has 37 heavy (non-hydrogen) atoms. The van der Waals surface area contributed by atoms with E-state index in [4.69, 9.17) is 4.74 Å². The average Bonchev–Trinajstić information content (AvgIpc) is 2.79. The lowest BCUT2D eigenvalue weighted by Gasteiger charge is -2.42. The summed E-state index contributed by atoms with van der Waals surface area (Å²) in [6.45, 7) is 1.04. The molecule has 1 atom stereocenters. The van der Waals surface area contributed by atoms with Crippen LogP contribution in [0.4, 0.5) is 23.7 Å². The van der Waals surface area contributed by atoms with Crippen LogP contribution in [0.3, 0.4) is 0 Å². The standard InChI is InChI=1S/C25H23F3N4O5/c26-14-3-1-13(2-4-14)24(35)32-11-17(12-32)37-25(36)29-15-9-31(10-15)16-7-19(27)22(20(28)8-16)18-5-6-21(33)30-23(18)34/h1-4,7-8,15,17-18H,5-6,9-12H2,(H,29,36)(H,30,33,34). The highest BCUT2D eigenvalue weighted by Gasteiger charge is 2.37. The minimum atomic E-state index is -1.07. The molecule has 4 amide bonds. The van der Waals surface area contributed by atoms with Crippen LogP contribution in [0.25, 0.3) is 0 Å². The van der Waals surface area contributed by atoms with E-state index in [0.29, 0.717) is 18.7 Å². The molecular formula is C25H23F3N4O5. The molecule has 3 saturated heterocycles. The summed E-state index contributed by atoms with van der Waals surface area (Å²) in [4.78, 5) is 51.0. The molecule has 3 heterocycles. The van der Waals surface area contributed by atoms with Gasteiger partial charge in [0.25, 0.3) is 5.91 Å². The summed E-state index contributed by atoms with van der Waals surface area (Å²) < 4.78 is 47.8.